The van der Waals surface area contributed by atoms with Crippen LogP contribution in [0.25, 0.3) is 10.8 Å². The summed E-state index contributed by atoms with van der Waals surface area (Å²) in [6.45, 7) is 8.26. The zero-order chi connectivity index (χ0) is 25.3. The van der Waals surface area contributed by atoms with Gasteiger partial charge in [-0.3, -0.25) is 0 Å². The molecule has 4 nitrogen and oxygen atoms in total. The molecule has 4 aromatic carbocycles. The van der Waals surface area contributed by atoms with Crippen LogP contribution in [0.3, 0.4) is 0 Å². The van der Waals surface area contributed by atoms with E-state index in [2.05, 4.69) is 93.3 Å². The van der Waals surface area contributed by atoms with Crippen molar-refractivity contribution in [1.29, 1.82) is 5.26 Å². The van der Waals surface area contributed by atoms with Crippen LogP contribution in [-0.2, 0) is 15.7 Å². The maximum absolute atomic E-state index is 10.1. The van der Waals surface area contributed by atoms with Gasteiger partial charge in [0.25, 0.3) is 0 Å². The molecule has 5 heteroatoms. The average Bonchev–Trinajstić information content (AvgIpc) is 3.09. The Kier molecular flexibility index (Phi) is 6.34. The van der Waals surface area contributed by atoms with Gasteiger partial charge >= 0.3 is 7.12 Å². The number of nitriles is 1. The molecule has 1 aliphatic rings. The minimum Gasteiger partial charge on any atom is -0.403 e. The number of rotatable bonds is 6. The molecule has 4 aromatic rings. The summed E-state index contributed by atoms with van der Waals surface area (Å²) in [7, 11) is -0.273. The van der Waals surface area contributed by atoms with Gasteiger partial charge in [-0.2, -0.15) is 5.26 Å². The Morgan fingerprint density at radius 1 is 0.750 bits per heavy atom. The Morgan fingerprint density at radius 3 is 1.89 bits per heavy atom. The molecule has 0 saturated carbocycles. The lowest BCUT2D eigenvalue weighted by Gasteiger charge is -2.32. The summed E-state index contributed by atoms with van der Waals surface area (Å²) < 4.78 is 12.3. The maximum Gasteiger partial charge on any atom is 0.458 e. The first kappa shape index (κ1) is 24.1. The van der Waals surface area contributed by atoms with E-state index in [1.165, 1.54) is 0 Å². The summed E-state index contributed by atoms with van der Waals surface area (Å²) in [4.78, 5) is 2.23. The van der Waals surface area contributed by atoms with Gasteiger partial charge in [0.15, 0.2) is 0 Å². The first-order valence-electron chi connectivity index (χ1n) is 12.5. The Hall–Kier alpha value is -3.59. The minimum absolute atomic E-state index is 0.273. The van der Waals surface area contributed by atoms with Gasteiger partial charge in [0.05, 0.1) is 16.8 Å². The van der Waals surface area contributed by atoms with Crippen molar-refractivity contribution in [3.05, 3.63) is 102 Å². The number of para-hydroxylation sites is 2. The number of anilines is 3. The molecule has 0 N–H and O–H groups in total. The molecule has 0 amide bonds. The van der Waals surface area contributed by atoms with Crippen LogP contribution in [0.15, 0.2) is 91.0 Å². The number of hydrogen-bond acceptors (Lipinski definition) is 4. The SMILES string of the molecule is CC1(C)OB(CCc2ccc3cc(N(c4ccccc4)c4ccccc4)ccc3c2C#N)OC1(C)C. The first-order chi connectivity index (χ1) is 17.3. The van der Waals surface area contributed by atoms with E-state index in [1.54, 1.807) is 0 Å². The van der Waals surface area contributed by atoms with Crippen LogP contribution < -0.4 is 4.90 Å². The van der Waals surface area contributed by atoms with Gasteiger partial charge in [0.1, 0.15) is 6.07 Å². The molecule has 0 atom stereocenters. The maximum atomic E-state index is 10.1. The van der Waals surface area contributed by atoms with Crippen LogP contribution in [0.2, 0.25) is 6.32 Å². The Balaban J connectivity index is 1.46. The zero-order valence-corrected chi connectivity index (χ0v) is 21.4. The third-order valence-corrected chi connectivity index (χ3v) is 7.44. The molecule has 0 bridgehead atoms. The summed E-state index contributed by atoms with van der Waals surface area (Å²) in [6.07, 6.45) is 1.43. The van der Waals surface area contributed by atoms with Crippen LogP contribution in [0, 0.1) is 11.3 Å². The molecule has 0 radical (unpaired) electrons. The summed E-state index contributed by atoms with van der Waals surface area (Å²) >= 11 is 0. The van der Waals surface area contributed by atoms with Crippen LogP contribution >= 0.6 is 0 Å². The molecule has 36 heavy (non-hydrogen) atoms. The highest BCUT2D eigenvalue weighted by Crippen LogP contribution is 2.39. The highest BCUT2D eigenvalue weighted by Gasteiger charge is 2.50. The lowest BCUT2D eigenvalue weighted by molar-refractivity contribution is 0.00578. The van der Waals surface area contributed by atoms with Crippen molar-refractivity contribution in [3.63, 3.8) is 0 Å². The fraction of sp³-hybridized carbons (Fsp3) is 0.258. The van der Waals surface area contributed by atoms with Gasteiger partial charge in [-0.15, -0.1) is 0 Å². The molecular weight excluding hydrogens is 443 g/mol. The van der Waals surface area contributed by atoms with E-state index in [-0.39, 0.29) is 18.3 Å². The molecule has 1 aliphatic heterocycles. The Bertz CT molecular complexity index is 1360. The fourth-order valence-electron chi connectivity index (χ4n) is 4.80. The molecule has 1 saturated heterocycles. The molecule has 5 rings (SSSR count). The van der Waals surface area contributed by atoms with E-state index in [0.717, 1.165) is 45.4 Å². The summed E-state index contributed by atoms with van der Waals surface area (Å²) in [5, 5.41) is 12.1. The monoisotopic (exact) mass is 474 g/mol. The second kappa shape index (κ2) is 9.46. The standard InChI is InChI=1S/C31H31BN2O2/c1-30(2)31(3,4)36-32(35-30)20-19-23-15-16-24-21-27(17-18-28(24)29(23)22-33)34(25-11-7-5-8-12-25)26-13-9-6-10-14-26/h5-18,21H,19-20H2,1-4H3. The lowest BCUT2D eigenvalue weighted by Crippen LogP contribution is -2.41. The largest absolute Gasteiger partial charge is 0.458 e. The van der Waals surface area contributed by atoms with Gasteiger partial charge in [0.2, 0.25) is 0 Å². The van der Waals surface area contributed by atoms with Crippen molar-refractivity contribution >= 4 is 35.0 Å². The topological polar surface area (TPSA) is 45.5 Å². The number of hydrogen-bond donors (Lipinski definition) is 0. The highest BCUT2D eigenvalue weighted by molar-refractivity contribution is 6.45. The fourth-order valence-corrected chi connectivity index (χ4v) is 4.80. The number of aryl methyl sites for hydroxylation is 1. The smallest absolute Gasteiger partial charge is 0.403 e. The minimum atomic E-state index is -0.348. The van der Waals surface area contributed by atoms with E-state index in [4.69, 9.17) is 9.31 Å². The summed E-state index contributed by atoms with van der Waals surface area (Å²) in [6, 6.07) is 33.7. The molecule has 180 valence electrons. The van der Waals surface area contributed by atoms with Crippen molar-refractivity contribution in [2.45, 2.75) is 51.6 Å². The van der Waals surface area contributed by atoms with Crippen molar-refractivity contribution < 1.29 is 9.31 Å². The van der Waals surface area contributed by atoms with Gasteiger partial charge < -0.3 is 14.2 Å². The van der Waals surface area contributed by atoms with Crippen molar-refractivity contribution in [2.75, 3.05) is 4.90 Å². The highest BCUT2D eigenvalue weighted by atomic mass is 16.7. The van der Waals surface area contributed by atoms with Gasteiger partial charge in [0, 0.05) is 17.1 Å². The number of fused-ring (bicyclic) bond motifs is 1. The quantitative estimate of drug-likeness (QED) is 0.267. The molecule has 1 heterocycles. The third kappa shape index (κ3) is 4.51. The summed E-state index contributed by atoms with van der Waals surface area (Å²) in [5.74, 6) is 0. The van der Waals surface area contributed by atoms with Gasteiger partial charge in [-0.05, 0) is 93.2 Å². The van der Waals surface area contributed by atoms with E-state index < -0.39 is 0 Å². The first-order valence-corrected chi connectivity index (χ1v) is 12.5. The zero-order valence-electron chi connectivity index (χ0n) is 21.4. The number of benzene rings is 4. The molecule has 0 unspecified atom stereocenters. The predicted molar refractivity (Wildman–Crippen MR) is 148 cm³/mol. The predicted octanol–water partition coefficient (Wildman–Crippen LogP) is 7.82. The number of nitrogens with zero attached hydrogens (tertiary/aromatic N) is 2. The van der Waals surface area contributed by atoms with E-state index in [0.29, 0.717) is 6.32 Å². The van der Waals surface area contributed by atoms with Crippen LogP contribution in [0.4, 0.5) is 17.1 Å². The van der Waals surface area contributed by atoms with Crippen molar-refractivity contribution in [3.8, 4) is 6.07 Å². The summed E-state index contributed by atoms with van der Waals surface area (Å²) in [5.41, 5.74) is 4.27. The van der Waals surface area contributed by atoms with E-state index >= 15 is 0 Å². The molecule has 0 spiro atoms. The van der Waals surface area contributed by atoms with Crippen LogP contribution in [0.1, 0.15) is 38.8 Å². The van der Waals surface area contributed by atoms with Crippen LogP contribution in [0.5, 0.6) is 0 Å². The second-order valence-electron chi connectivity index (χ2n) is 10.3. The van der Waals surface area contributed by atoms with Crippen LogP contribution in [-0.4, -0.2) is 18.3 Å². The second-order valence-corrected chi connectivity index (χ2v) is 10.3. The lowest BCUT2D eigenvalue weighted by atomic mass is 9.80. The molecular formula is C31H31BN2O2. The van der Waals surface area contributed by atoms with Gasteiger partial charge in [-0.1, -0.05) is 54.6 Å². The Labute approximate surface area is 214 Å². The molecule has 1 fully saturated rings. The molecule has 0 aromatic heterocycles. The average molecular weight is 474 g/mol. The Morgan fingerprint density at radius 2 is 1.33 bits per heavy atom. The molecule has 0 aliphatic carbocycles. The normalized spacial score (nSPS) is 16.1. The van der Waals surface area contributed by atoms with Crippen molar-refractivity contribution in [1.82, 2.24) is 0 Å². The van der Waals surface area contributed by atoms with Crippen molar-refractivity contribution in [2.24, 2.45) is 0 Å². The van der Waals surface area contributed by atoms with Gasteiger partial charge in [-0.25, -0.2) is 0 Å². The van der Waals surface area contributed by atoms with E-state index in [9.17, 15) is 5.26 Å². The van der Waals surface area contributed by atoms with E-state index in [1.807, 2.05) is 36.4 Å². The third-order valence-electron chi connectivity index (χ3n) is 7.44.